The molecule has 4 rings (SSSR count). The molecule has 1 N–H and O–H groups in total. The van der Waals surface area contributed by atoms with Gasteiger partial charge < -0.3 is 18.8 Å². The number of nitrogens with one attached hydrogen (secondary N) is 1. The van der Waals surface area contributed by atoms with Crippen molar-refractivity contribution in [2.24, 2.45) is 0 Å². The first-order valence-electron chi connectivity index (χ1n) is 12.6. The fourth-order valence-electron chi connectivity index (χ4n) is 4.48. The van der Waals surface area contributed by atoms with Crippen LogP contribution in [0.4, 0.5) is 4.79 Å². The summed E-state index contributed by atoms with van der Waals surface area (Å²) in [7, 11) is -2.12. The lowest BCUT2D eigenvalue weighted by Gasteiger charge is -2.49. The third-order valence-corrected chi connectivity index (χ3v) is 12.0. The largest absolute Gasteiger partial charge is 0.487 e. The van der Waals surface area contributed by atoms with Crippen LogP contribution in [-0.2, 0) is 9.16 Å². The van der Waals surface area contributed by atoms with E-state index < -0.39 is 25.3 Å². The number of hydrogen-bond acceptors (Lipinski definition) is 7. The van der Waals surface area contributed by atoms with E-state index in [1.54, 1.807) is 4.90 Å². The monoisotopic (exact) mass is 517 g/mol. The maximum Gasteiger partial charge on any atom is 0.439 e. The van der Waals surface area contributed by atoms with E-state index in [1.807, 2.05) is 39.0 Å². The van der Waals surface area contributed by atoms with E-state index in [2.05, 4.69) is 44.0 Å². The molecule has 1 aromatic heterocycles. The summed E-state index contributed by atoms with van der Waals surface area (Å²) < 4.78 is 23.9. The third-order valence-electron chi connectivity index (χ3n) is 7.52. The second-order valence-electron chi connectivity index (χ2n) is 12.5. The van der Waals surface area contributed by atoms with Crippen LogP contribution in [0.1, 0.15) is 72.5 Å². The molecule has 1 unspecified atom stereocenters. The predicted molar refractivity (Wildman–Crippen MR) is 139 cm³/mol. The van der Waals surface area contributed by atoms with Gasteiger partial charge in [-0.25, -0.2) is 9.59 Å². The van der Waals surface area contributed by atoms with Gasteiger partial charge in [0.15, 0.2) is 14.1 Å². The highest BCUT2D eigenvalue weighted by Gasteiger charge is 2.48. The molecule has 2 aromatic rings. The van der Waals surface area contributed by atoms with Crippen molar-refractivity contribution in [1.29, 1.82) is 0 Å². The lowest BCUT2D eigenvalue weighted by molar-refractivity contribution is -0.0542. The molecule has 36 heavy (non-hydrogen) atoms. The molecule has 2 aliphatic heterocycles. The van der Waals surface area contributed by atoms with Gasteiger partial charge in [-0.3, -0.25) is 9.51 Å². The Morgan fingerprint density at radius 1 is 1.17 bits per heavy atom. The number of nitrogens with zero attached hydrogens (tertiary/aromatic N) is 2. The first-order valence-corrected chi connectivity index (χ1v) is 15.5. The minimum Gasteiger partial charge on any atom is -0.487 e. The van der Waals surface area contributed by atoms with Crippen LogP contribution in [0.5, 0.6) is 5.75 Å². The Morgan fingerprint density at radius 2 is 1.83 bits per heavy atom. The van der Waals surface area contributed by atoms with Gasteiger partial charge in [0.1, 0.15) is 17.0 Å². The Balaban J connectivity index is 1.63. The highest BCUT2D eigenvalue weighted by molar-refractivity contribution is 6.74. The van der Waals surface area contributed by atoms with Crippen molar-refractivity contribution in [1.82, 2.24) is 15.0 Å². The topological polar surface area (TPSA) is 107 Å². The Hall–Kier alpha value is -2.59. The van der Waals surface area contributed by atoms with Crippen molar-refractivity contribution < 1.29 is 23.2 Å². The van der Waals surface area contributed by atoms with Gasteiger partial charge >= 0.3 is 11.8 Å². The summed E-state index contributed by atoms with van der Waals surface area (Å²) in [5.41, 5.74) is 0.729. The zero-order chi connectivity index (χ0) is 26.5. The van der Waals surface area contributed by atoms with Gasteiger partial charge in [-0.15, -0.1) is 0 Å². The minimum absolute atomic E-state index is 0.0354. The second-order valence-corrected chi connectivity index (χ2v) is 17.3. The van der Waals surface area contributed by atoms with Gasteiger partial charge in [-0.1, -0.05) is 25.9 Å². The molecular formula is C26H39N3O6Si. The van der Waals surface area contributed by atoms with Crippen molar-refractivity contribution in [3.8, 4) is 17.1 Å². The quantitative estimate of drug-likeness (QED) is 0.525. The molecule has 10 heteroatoms. The Labute approximate surface area is 213 Å². The van der Waals surface area contributed by atoms with Crippen LogP contribution in [-0.4, -0.2) is 53.7 Å². The van der Waals surface area contributed by atoms with Gasteiger partial charge in [-0.05, 0) is 57.1 Å². The molecular weight excluding hydrogens is 478 g/mol. The van der Waals surface area contributed by atoms with Gasteiger partial charge in [-0.2, -0.15) is 0 Å². The zero-order valence-corrected chi connectivity index (χ0v) is 23.7. The smallest absolute Gasteiger partial charge is 0.439 e. The van der Waals surface area contributed by atoms with Crippen LogP contribution in [0.2, 0.25) is 18.1 Å². The average molecular weight is 518 g/mol. The van der Waals surface area contributed by atoms with Crippen LogP contribution >= 0.6 is 0 Å². The Kier molecular flexibility index (Phi) is 6.66. The van der Waals surface area contributed by atoms with E-state index >= 15 is 0 Å². The standard InChI is InChI=1S/C26H39N3O6Si/c1-24(2,3)33-23(31)29-13-11-26(12-14-29)16-20(35-36(7,8)25(4,5)6)18-15-17(9-10-19(18)32-26)21-27-22(30)34-28-21/h9-10,15,20H,11-14,16H2,1-8H3,(H,27,28,30). The molecule has 2 aliphatic rings. The van der Waals surface area contributed by atoms with Gasteiger partial charge in [0.2, 0.25) is 0 Å². The number of aromatic nitrogens is 2. The van der Waals surface area contributed by atoms with E-state index in [-0.39, 0.29) is 17.2 Å². The van der Waals surface area contributed by atoms with Crippen LogP contribution in [0.25, 0.3) is 11.4 Å². The number of amides is 1. The van der Waals surface area contributed by atoms with Crippen LogP contribution < -0.4 is 10.5 Å². The van der Waals surface area contributed by atoms with Gasteiger partial charge in [0, 0.05) is 43.5 Å². The summed E-state index contributed by atoms with van der Waals surface area (Å²) in [5.74, 6) is 0.550. The number of carbonyl (C=O) groups is 1. The lowest BCUT2D eigenvalue weighted by atomic mass is 9.81. The normalized spacial score (nSPS) is 20.1. The molecule has 1 atom stereocenters. The molecule has 1 fully saturated rings. The number of piperidine rings is 1. The number of likely N-dealkylation sites (tertiary alicyclic amines) is 1. The molecule has 9 nitrogen and oxygen atoms in total. The van der Waals surface area contributed by atoms with Crippen molar-refractivity contribution in [3.05, 3.63) is 34.3 Å². The maximum absolute atomic E-state index is 12.6. The fourth-order valence-corrected chi connectivity index (χ4v) is 5.76. The van der Waals surface area contributed by atoms with Crippen LogP contribution in [0, 0.1) is 0 Å². The van der Waals surface area contributed by atoms with E-state index in [9.17, 15) is 9.59 Å². The molecule has 0 bridgehead atoms. The maximum atomic E-state index is 12.6. The average Bonchev–Trinajstić information content (AvgIpc) is 3.18. The van der Waals surface area contributed by atoms with Crippen molar-refractivity contribution in [3.63, 3.8) is 0 Å². The second kappa shape index (κ2) is 9.06. The van der Waals surface area contributed by atoms with E-state index in [1.165, 1.54) is 0 Å². The molecule has 1 saturated heterocycles. The van der Waals surface area contributed by atoms with Crippen LogP contribution in [0.15, 0.2) is 27.5 Å². The third kappa shape index (κ3) is 5.54. The number of H-pyrrole nitrogens is 1. The number of fused-ring (bicyclic) bond motifs is 1. The Morgan fingerprint density at radius 3 is 2.39 bits per heavy atom. The first kappa shape index (κ1) is 26.5. The summed E-state index contributed by atoms with van der Waals surface area (Å²) in [6.07, 6.45) is 1.62. The summed E-state index contributed by atoms with van der Waals surface area (Å²) in [4.78, 5) is 28.5. The number of hydrogen-bond donors (Lipinski definition) is 1. The molecule has 0 aliphatic carbocycles. The summed E-state index contributed by atoms with van der Waals surface area (Å²) >= 11 is 0. The van der Waals surface area contributed by atoms with Crippen molar-refractivity contribution >= 4 is 14.4 Å². The molecule has 0 saturated carbocycles. The van der Waals surface area contributed by atoms with E-state index in [0.29, 0.717) is 38.2 Å². The molecule has 1 spiro atoms. The highest BCUT2D eigenvalue weighted by Crippen LogP contribution is 2.50. The highest BCUT2D eigenvalue weighted by atomic mass is 28.4. The molecule has 3 heterocycles. The van der Waals surface area contributed by atoms with E-state index in [0.717, 1.165) is 16.9 Å². The summed E-state index contributed by atoms with van der Waals surface area (Å²) in [6.45, 7) is 17.9. The molecule has 198 valence electrons. The van der Waals surface area contributed by atoms with E-state index in [4.69, 9.17) is 18.4 Å². The number of benzene rings is 1. The molecule has 1 amide bonds. The number of rotatable bonds is 3. The number of aromatic amines is 1. The van der Waals surface area contributed by atoms with Crippen molar-refractivity contribution in [2.45, 2.75) is 96.2 Å². The predicted octanol–water partition coefficient (Wildman–Crippen LogP) is 5.65. The Bertz CT molecular complexity index is 1170. The SMILES string of the molecule is CC(C)(C)OC(=O)N1CCC2(CC1)CC(O[Si](C)(C)C(C)(C)C)c1cc(-c3noc(=O)[nH]3)ccc1O2. The number of ether oxygens (including phenoxy) is 2. The fraction of sp³-hybridized carbons (Fsp3) is 0.654. The van der Waals surface area contributed by atoms with Crippen molar-refractivity contribution in [2.75, 3.05) is 13.1 Å². The zero-order valence-electron chi connectivity index (χ0n) is 22.7. The molecule has 0 radical (unpaired) electrons. The minimum atomic E-state index is -2.12. The number of carbonyl (C=O) groups excluding carboxylic acids is 1. The van der Waals surface area contributed by atoms with Crippen LogP contribution in [0.3, 0.4) is 0 Å². The van der Waals surface area contributed by atoms with Gasteiger partial charge in [0.25, 0.3) is 0 Å². The molecule has 1 aromatic carbocycles. The lowest BCUT2D eigenvalue weighted by Crippen LogP contribution is -2.53. The van der Waals surface area contributed by atoms with Gasteiger partial charge in [0.05, 0.1) is 6.10 Å². The summed E-state index contributed by atoms with van der Waals surface area (Å²) in [5, 5.41) is 3.88. The first-order chi connectivity index (χ1) is 16.6. The summed E-state index contributed by atoms with van der Waals surface area (Å²) in [6, 6.07) is 5.76.